The van der Waals surface area contributed by atoms with Crippen molar-refractivity contribution in [1.82, 2.24) is 25.0 Å². The number of hydrogen-bond donors (Lipinski definition) is 2. The van der Waals surface area contributed by atoms with E-state index in [0.29, 0.717) is 0 Å². The number of aliphatic hydroxyl groups excluding tert-OH is 1. The molecule has 30 heavy (non-hydrogen) atoms. The van der Waals surface area contributed by atoms with Gasteiger partial charge < -0.3 is 5.11 Å². The van der Waals surface area contributed by atoms with E-state index in [0.717, 1.165) is 54.6 Å². The topological polar surface area (TPSA) is 79.6 Å². The highest BCUT2D eigenvalue weighted by Gasteiger charge is 2.25. The minimum Gasteiger partial charge on any atom is -0.393 e. The van der Waals surface area contributed by atoms with E-state index in [-0.39, 0.29) is 12.1 Å². The van der Waals surface area contributed by atoms with Crippen LogP contribution in [0.15, 0.2) is 55.1 Å². The molecule has 0 radical (unpaired) electrons. The fourth-order valence-corrected chi connectivity index (χ4v) is 4.93. The van der Waals surface area contributed by atoms with Gasteiger partial charge in [0.05, 0.1) is 24.0 Å². The predicted octanol–water partition coefficient (Wildman–Crippen LogP) is 4.38. The maximum atomic E-state index is 10.2. The van der Waals surface area contributed by atoms with Crippen LogP contribution in [0.25, 0.3) is 33.6 Å². The van der Waals surface area contributed by atoms with E-state index in [1.807, 2.05) is 30.7 Å². The smallest absolute Gasteiger partial charge is 0.100 e. The van der Waals surface area contributed by atoms with Gasteiger partial charge in [-0.1, -0.05) is 18.2 Å². The first-order chi connectivity index (χ1) is 14.8. The molecule has 0 spiro atoms. The van der Waals surface area contributed by atoms with Gasteiger partial charge in [0.25, 0.3) is 0 Å². The third kappa shape index (κ3) is 2.87. The standard InChI is InChI=1S/C24H23N5O/c30-20-3-1-2-19(12-20)29-14-22(24(28-29)15-6-8-25-9-7-15)16-4-5-21-17(10-16)11-18-13-26-27-23(18)21/h4-10,13-14,19-20,30H,1-3,11-12H2,(H,26,27)/t19-,20+/m0/s1. The summed E-state index contributed by atoms with van der Waals surface area (Å²) in [6, 6.07) is 10.9. The zero-order valence-corrected chi connectivity index (χ0v) is 16.6. The summed E-state index contributed by atoms with van der Waals surface area (Å²) < 4.78 is 2.08. The van der Waals surface area contributed by atoms with E-state index >= 15 is 0 Å². The Morgan fingerprint density at radius 3 is 2.77 bits per heavy atom. The van der Waals surface area contributed by atoms with Gasteiger partial charge in [-0.25, -0.2) is 0 Å². The van der Waals surface area contributed by atoms with Crippen molar-refractivity contribution in [3.05, 3.63) is 66.2 Å². The number of hydrogen-bond acceptors (Lipinski definition) is 4. The van der Waals surface area contributed by atoms with Crippen molar-refractivity contribution in [1.29, 1.82) is 0 Å². The summed E-state index contributed by atoms with van der Waals surface area (Å²) in [5, 5.41) is 22.5. The van der Waals surface area contributed by atoms with Crippen molar-refractivity contribution in [2.24, 2.45) is 0 Å². The Morgan fingerprint density at radius 1 is 1.00 bits per heavy atom. The number of H-pyrrole nitrogens is 1. The van der Waals surface area contributed by atoms with Crippen LogP contribution < -0.4 is 0 Å². The van der Waals surface area contributed by atoms with Crippen molar-refractivity contribution in [2.75, 3.05) is 0 Å². The van der Waals surface area contributed by atoms with Crippen LogP contribution in [0.5, 0.6) is 0 Å². The van der Waals surface area contributed by atoms with Crippen LogP contribution in [-0.4, -0.2) is 36.2 Å². The lowest BCUT2D eigenvalue weighted by molar-refractivity contribution is 0.100. The molecule has 0 aliphatic heterocycles. The van der Waals surface area contributed by atoms with Crippen molar-refractivity contribution in [3.63, 3.8) is 0 Å². The number of benzene rings is 1. The van der Waals surface area contributed by atoms with E-state index in [2.05, 4.69) is 44.3 Å². The molecule has 6 heteroatoms. The lowest BCUT2D eigenvalue weighted by atomic mass is 9.93. The Kier molecular flexibility index (Phi) is 4.06. The molecular weight excluding hydrogens is 374 g/mol. The molecule has 1 aromatic carbocycles. The molecule has 6 nitrogen and oxygen atoms in total. The summed E-state index contributed by atoms with van der Waals surface area (Å²) in [5.41, 5.74) is 9.26. The van der Waals surface area contributed by atoms with Gasteiger partial charge in [-0.15, -0.1) is 0 Å². The van der Waals surface area contributed by atoms with Gasteiger partial charge >= 0.3 is 0 Å². The van der Waals surface area contributed by atoms with Gasteiger partial charge in [-0.2, -0.15) is 10.2 Å². The number of nitrogens with one attached hydrogen (secondary N) is 1. The molecule has 2 atom stereocenters. The van der Waals surface area contributed by atoms with Crippen LogP contribution in [0.2, 0.25) is 0 Å². The van der Waals surface area contributed by atoms with E-state index in [4.69, 9.17) is 5.10 Å². The first-order valence-electron chi connectivity index (χ1n) is 10.6. The van der Waals surface area contributed by atoms with Crippen LogP contribution in [-0.2, 0) is 6.42 Å². The molecule has 0 unspecified atom stereocenters. The maximum absolute atomic E-state index is 10.2. The third-order valence-corrected chi connectivity index (χ3v) is 6.46. The fraction of sp³-hybridized carbons (Fsp3) is 0.292. The Balaban J connectivity index is 1.45. The lowest BCUT2D eigenvalue weighted by Crippen LogP contribution is -2.22. The average molecular weight is 397 g/mol. The molecule has 3 heterocycles. The Hall–Kier alpha value is -3.25. The van der Waals surface area contributed by atoms with E-state index in [1.165, 1.54) is 22.3 Å². The quantitative estimate of drug-likeness (QED) is 0.473. The lowest BCUT2D eigenvalue weighted by Gasteiger charge is -2.26. The van der Waals surface area contributed by atoms with E-state index in [1.54, 1.807) is 0 Å². The van der Waals surface area contributed by atoms with Crippen molar-refractivity contribution in [3.8, 4) is 33.6 Å². The van der Waals surface area contributed by atoms with Crippen molar-refractivity contribution >= 4 is 0 Å². The van der Waals surface area contributed by atoms with Crippen LogP contribution in [0.4, 0.5) is 0 Å². The van der Waals surface area contributed by atoms with Gasteiger partial charge in [0, 0.05) is 47.3 Å². The summed E-state index contributed by atoms with van der Waals surface area (Å²) in [6.07, 6.45) is 12.1. The summed E-state index contributed by atoms with van der Waals surface area (Å²) in [7, 11) is 0. The Morgan fingerprint density at radius 2 is 1.90 bits per heavy atom. The van der Waals surface area contributed by atoms with Crippen LogP contribution in [0.1, 0.15) is 42.9 Å². The number of aliphatic hydroxyl groups is 1. The second-order valence-corrected chi connectivity index (χ2v) is 8.40. The molecule has 2 aliphatic carbocycles. The zero-order chi connectivity index (χ0) is 20.1. The molecule has 0 bridgehead atoms. The molecule has 4 aromatic rings. The molecule has 1 saturated carbocycles. The third-order valence-electron chi connectivity index (χ3n) is 6.46. The number of pyridine rings is 1. The molecule has 2 N–H and O–H groups in total. The monoisotopic (exact) mass is 397 g/mol. The molecule has 2 aliphatic rings. The normalized spacial score (nSPS) is 20.2. The minimum atomic E-state index is -0.233. The predicted molar refractivity (Wildman–Crippen MR) is 115 cm³/mol. The number of fused-ring (bicyclic) bond motifs is 3. The molecule has 150 valence electrons. The highest BCUT2D eigenvalue weighted by atomic mass is 16.3. The largest absolute Gasteiger partial charge is 0.393 e. The highest BCUT2D eigenvalue weighted by molar-refractivity contribution is 5.83. The first-order valence-corrected chi connectivity index (χ1v) is 10.6. The van der Waals surface area contributed by atoms with Gasteiger partial charge in [0.1, 0.15) is 5.69 Å². The summed E-state index contributed by atoms with van der Waals surface area (Å²) in [4.78, 5) is 4.17. The average Bonchev–Trinajstić information content (AvgIpc) is 3.48. The fourth-order valence-electron chi connectivity index (χ4n) is 4.93. The van der Waals surface area contributed by atoms with Gasteiger partial charge in [0.2, 0.25) is 0 Å². The van der Waals surface area contributed by atoms with Gasteiger partial charge in [-0.05, 0) is 48.9 Å². The second kappa shape index (κ2) is 6.92. The van der Waals surface area contributed by atoms with Gasteiger partial charge in [-0.3, -0.25) is 14.8 Å². The molecule has 3 aromatic heterocycles. The molecule has 6 rings (SSSR count). The van der Waals surface area contributed by atoms with E-state index < -0.39 is 0 Å². The van der Waals surface area contributed by atoms with Crippen LogP contribution in [0, 0.1) is 0 Å². The Labute approximate surface area is 174 Å². The Bertz CT molecular complexity index is 1210. The molecule has 0 amide bonds. The number of nitrogens with zero attached hydrogens (tertiary/aromatic N) is 4. The molecular formula is C24H23N5O. The van der Waals surface area contributed by atoms with E-state index in [9.17, 15) is 5.11 Å². The summed E-state index contributed by atoms with van der Waals surface area (Å²) in [5.74, 6) is 0. The van der Waals surface area contributed by atoms with Gasteiger partial charge in [0.15, 0.2) is 0 Å². The molecule has 1 fully saturated rings. The van der Waals surface area contributed by atoms with Crippen molar-refractivity contribution in [2.45, 2.75) is 44.2 Å². The number of aromatic nitrogens is 5. The summed E-state index contributed by atoms with van der Waals surface area (Å²) >= 11 is 0. The summed E-state index contributed by atoms with van der Waals surface area (Å²) in [6.45, 7) is 0. The second-order valence-electron chi connectivity index (χ2n) is 8.40. The number of rotatable bonds is 3. The van der Waals surface area contributed by atoms with Crippen LogP contribution >= 0.6 is 0 Å². The zero-order valence-electron chi connectivity index (χ0n) is 16.6. The highest BCUT2D eigenvalue weighted by Crippen LogP contribution is 2.40. The molecule has 0 saturated heterocycles. The van der Waals surface area contributed by atoms with Crippen molar-refractivity contribution < 1.29 is 5.11 Å². The first kappa shape index (κ1) is 17.6. The van der Waals surface area contributed by atoms with Crippen LogP contribution in [0.3, 0.4) is 0 Å². The number of aromatic amines is 1. The maximum Gasteiger partial charge on any atom is 0.100 e. The SMILES string of the molecule is O[C@@H]1CCC[C@H](n2cc(-c3ccc4c(c3)Cc3cn[nH]c3-4)c(-c3ccncc3)n2)C1. The minimum absolute atomic E-state index is 0.233.